The molecule has 0 spiro atoms. The Bertz CT molecular complexity index is 424. The van der Waals surface area contributed by atoms with Crippen LogP contribution in [0.5, 0.6) is 0 Å². The molecule has 0 bridgehead atoms. The summed E-state index contributed by atoms with van der Waals surface area (Å²) in [5, 5.41) is 3.63. The van der Waals surface area contributed by atoms with Gasteiger partial charge in [0.15, 0.2) is 0 Å². The van der Waals surface area contributed by atoms with Crippen molar-refractivity contribution in [1.29, 1.82) is 0 Å². The normalized spacial score (nSPS) is 18.1. The van der Waals surface area contributed by atoms with E-state index in [-0.39, 0.29) is 11.4 Å². The third-order valence-electron chi connectivity index (χ3n) is 4.83. The maximum Gasteiger partial charge on any atom is 0.123 e. The summed E-state index contributed by atoms with van der Waals surface area (Å²) in [5.74, 6) is -0.135. The molecule has 0 radical (unpaired) electrons. The Morgan fingerprint density at radius 3 is 2.24 bits per heavy atom. The number of nitrogens with one attached hydrogen (secondary N) is 1. The number of halogens is 1. The molecule has 1 nitrogen and oxygen atoms in total. The topological polar surface area (TPSA) is 12.0 Å². The zero-order chi connectivity index (χ0) is 15.3. The highest BCUT2D eigenvalue weighted by molar-refractivity contribution is 5.16. The quantitative estimate of drug-likeness (QED) is 0.769. The minimum atomic E-state index is -0.135. The van der Waals surface area contributed by atoms with Gasteiger partial charge in [-0.3, -0.25) is 0 Å². The second-order valence-electron chi connectivity index (χ2n) is 7.76. The van der Waals surface area contributed by atoms with Gasteiger partial charge in [-0.15, -0.1) is 0 Å². The highest BCUT2D eigenvalue weighted by Crippen LogP contribution is 2.44. The minimum Gasteiger partial charge on any atom is -0.312 e. The number of benzene rings is 1. The molecule has 1 aromatic carbocycles. The van der Waals surface area contributed by atoms with Gasteiger partial charge in [-0.25, -0.2) is 4.39 Å². The van der Waals surface area contributed by atoms with Crippen LogP contribution in [-0.2, 0) is 6.42 Å². The van der Waals surface area contributed by atoms with Gasteiger partial charge in [-0.05, 0) is 82.5 Å². The first-order chi connectivity index (χ1) is 9.89. The molecule has 0 atom stereocenters. The van der Waals surface area contributed by atoms with Gasteiger partial charge >= 0.3 is 0 Å². The molecule has 1 saturated carbocycles. The first kappa shape index (κ1) is 16.5. The Kier molecular flexibility index (Phi) is 5.43. The van der Waals surface area contributed by atoms with Gasteiger partial charge in [0.1, 0.15) is 5.82 Å². The molecule has 2 rings (SSSR count). The second kappa shape index (κ2) is 6.91. The van der Waals surface area contributed by atoms with Crippen LogP contribution in [0.2, 0.25) is 0 Å². The molecule has 1 fully saturated rings. The van der Waals surface area contributed by atoms with E-state index in [0.29, 0.717) is 5.41 Å². The smallest absolute Gasteiger partial charge is 0.123 e. The van der Waals surface area contributed by atoms with Crippen LogP contribution in [0, 0.1) is 11.2 Å². The van der Waals surface area contributed by atoms with Gasteiger partial charge in [-0.1, -0.05) is 25.0 Å². The van der Waals surface area contributed by atoms with E-state index in [1.165, 1.54) is 44.1 Å². The molecule has 0 amide bonds. The maximum absolute atomic E-state index is 13.0. The molecule has 2 heteroatoms. The van der Waals surface area contributed by atoms with Crippen molar-refractivity contribution in [2.75, 3.05) is 6.54 Å². The molecule has 118 valence electrons. The lowest BCUT2D eigenvalue weighted by molar-refractivity contribution is 0.235. The molecule has 1 aliphatic rings. The van der Waals surface area contributed by atoms with Gasteiger partial charge in [-0.2, -0.15) is 0 Å². The molecule has 0 heterocycles. The van der Waals surface area contributed by atoms with Crippen LogP contribution in [-0.4, -0.2) is 12.1 Å². The van der Waals surface area contributed by atoms with Gasteiger partial charge in [0.05, 0.1) is 0 Å². The van der Waals surface area contributed by atoms with Crippen molar-refractivity contribution in [3.05, 3.63) is 35.6 Å². The van der Waals surface area contributed by atoms with E-state index in [0.717, 1.165) is 13.0 Å². The number of hydrogen-bond donors (Lipinski definition) is 1. The van der Waals surface area contributed by atoms with Crippen LogP contribution in [0.15, 0.2) is 24.3 Å². The fourth-order valence-corrected chi connectivity index (χ4v) is 3.51. The third kappa shape index (κ3) is 5.43. The minimum absolute atomic E-state index is 0.135. The highest BCUT2D eigenvalue weighted by atomic mass is 19.1. The Balaban J connectivity index is 1.87. The molecule has 1 N–H and O–H groups in total. The van der Waals surface area contributed by atoms with Crippen LogP contribution < -0.4 is 5.32 Å². The van der Waals surface area contributed by atoms with Crippen LogP contribution in [0.25, 0.3) is 0 Å². The zero-order valence-corrected chi connectivity index (χ0v) is 13.8. The summed E-state index contributed by atoms with van der Waals surface area (Å²) in [6, 6.07) is 7.03. The van der Waals surface area contributed by atoms with Crippen molar-refractivity contribution in [3.63, 3.8) is 0 Å². The summed E-state index contributed by atoms with van der Waals surface area (Å²) >= 11 is 0. The van der Waals surface area contributed by atoms with Crippen LogP contribution in [0.4, 0.5) is 4.39 Å². The van der Waals surface area contributed by atoms with E-state index in [2.05, 4.69) is 26.1 Å². The largest absolute Gasteiger partial charge is 0.312 e. The average molecular weight is 291 g/mol. The molecule has 0 unspecified atom stereocenters. The maximum atomic E-state index is 13.0. The molecule has 0 saturated heterocycles. The summed E-state index contributed by atoms with van der Waals surface area (Å²) in [6.07, 6.45) is 9.06. The molecule has 1 aromatic rings. The van der Waals surface area contributed by atoms with Gasteiger partial charge in [0.2, 0.25) is 0 Å². The summed E-state index contributed by atoms with van der Waals surface area (Å²) in [6.45, 7) is 7.79. The standard InChI is InChI=1S/C19H30FN/c1-18(2,3)21-15-14-19(11-4-5-12-19)13-10-16-6-8-17(20)9-7-16/h6-9,21H,4-5,10-15H2,1-3H3. The van der Waals surface area contributed by atoms with Crippen molar-refractivity contribution in [1.82, 2.24) is 5.32 Å². The Morgan fingerprint density at radius 2 is 1.67 bits per heavy atom. The SMILES string of the molecule is CC(C)(C)NCCC1(CCc2ccc(F)cc2)CCCC1. The number of rotatable bonds is 6. The summed E-state index contributed by atoms with van der Waals surface area (Å²) in [7, 11) is 0. The summed E-state index contributed by atoms with van der Waals surface area (Å²) in [4.78, 5) is 0. The van der Waals surface area contributed by atoms with Gasteiger partial charge in [0, 0.05) is 5.54 Å². The Labute approximate surface area is 129 Å². The van der Waals surface area contributed by atoms with Crippen molar-refractivity contribution in [2.24, 2.45) is 5.41 Å². The summed E-state index contributed by atoms with van der Waals surface area (Å²) < 4.78 is 13.0. The van der Waals surface area contributed by atoms with Crippen molar-refractivity contribution in [3.8, 4) is 0 Å². The lowest BCUT2D eigenvalue weighted by atomic mass is 9.77. The van der Waals surface area contributed by atoms with Crippen LogP contribution in [0.1, 0.15) is 64.9 Å². The number of hydrogen-bond acceptors (Lipinski definition) is 1. The van der Waals surface area contributed by atoms with E-state index in [4.69, 9.17) is 0 Å². The Hall–Kier alpha value is -0.890. The first-order valence-corrected chi connectivity index (χ1v) is 8.38. The fourth-order valence-electron chi connectivity index (χ4n) is 3.51. The van der Waals surface area contributed by atoms with E-state index in [1.54, 1.807) is 12.1 Å². The van der Waals surface area contributed by atoms with E-state index in [9.17, 15) is 4.39 Å². The molecule has 1 aliphatic carbocycles. The lowest BCUT2D eigenvalue weighted by Crippen LogP contribution is -2.38. The first-order valence-electron chi connectivity index (χ1n) is 8.38. The lowest BCUT2D eigenvalue weighted by Gasteiger charge is -2.31. The highest BCUT2D eigenvalue weighted by Gasteiger charge is 2.33. The van der Waals surface area contributed by atoms with Crippen molar-refractivity contribution >= 4 is 0 Å². The third-order valence-corrected chi connectivity index (χ3v) is 4.83. The molecule has 0 aromatic heterocycles. The monoisotopic (exact) mass is 291 g/mol. The predicted octanol–water partition coefficient (Wildman–Crippen LogP) is 5.10. The van der Waals surface area contributed by atoms with E-state index < -0.39 is 0 Å². The number of aryl methyl sites for hydroxylation is 1. The molecule has 0 aliphatic heterocycles. The second-order valence-corrected chi connectivity index (χ2v) is 7.76. The Morgan fingerprint density at radius 1 is 1.05 bits per heavy atom. The van der Waals surface area contributed by atoms with Gasteiger partial charge in [0.25, 0.3) is 0 Å². The van der Waals surface area contributed by atoms with Crippen molar-refractivity contribution < 1.29 is 4.39 Å². The fraction of sp³-hybridized carbons (Fsp3) is 0.684. The van der Waals surface area contributed by atoms with E-state index >= 15 is 0 Å². The van der Waals surface area contributed by atoms with E-state index in [1.807, 2.05) is 12.1 Å². The molecular formula is C19H30FN. The van der Waals surface area contributed by atoms with Crippen LogP contribution in [0.3, 0.4) is 0 Å². The van der Waals surface area contributed by atoms with Gasteiger partial charge < -0.3 is 5.32 Å². The predicted molar refractivity (Wildman–Crippen MR) is 88.0 cm³/mol. The van der Waals surface area contributed by atoms with Crippen molar-refractivity contribution in [2.45, 2.75) is 71.3 Å². The molecule has 21 heavy (non-hydrogen) atoms. The van der Waals surface area contributed by atoms with Crippen LogP contribution >= 0.6 is 0 Å². The summed E-state index contributed by atoms with van der Waals surface area (Å²) in [5.41, 5.74) is 1.98. The zero-order valence-electron chi connectivity index (χ0n) is 13.8. The average Bonchev–Trinajstić information content (AvgIpc) is 2.86. The molecular weight excluding hydrogens is 261 g/mol.